The van der Waals surface area contributed by atoms with Crippen LogP contribution in [0.15, 0.2) is 77.7 Å². The summed E-state index contributed by atoms with van der Waals surface area (Å²) in [6, 6.07) is 20.3. The average molecular weight is 459 g/mol. The number of carbonyl (C=O) groups is 1. The maximum atomic E-state index is 12.8. The molecule has 2 N–H and O–H groups in total. The topological polar surface area (TPSA) is 84.5 Å². The summed E-state index contributed by atoms with van der Waals surface area (Å²) in [4.78, 5) is 12.6. The minimum absolute atomic E-state index is 0.0313. The molecule has 0 atom stereocenters. The number of hydrogen-bond donors (Lipinski definition) is 2. The second-order valence-corrected chi connectivity index (χ2v) is 8.90. The molecule has 0 aromatic heterocycles. The monoisotopic (exact) mass is 458 g/mol. The lowest BCUT2D eigenvalue weighted by Crippen LogP contribution is -2.24. The van der Waals surface area contributed by atoms with E-state index in [1.165, 1.54) is 18.2 Å². The van der Waals surface area contributed by atoms with Crippen LogP contribution < -0.4 is 14.8 Å². The Balaban J connectivity index is 1.79. The van der Waals surface area contributed by atoms with Gasteiger partial charge in [0.05, 0.1) is 17.3 Å². The van der Waals surface area contributed by atoms with Gasteiger partial charge in [-0.15, -0.1) is 0 Å². The maximum absolute atomic E-state index is 12.8. The number of ether oxygens (including phenoxy) is 1. The van der Waals surface area contributed by atoms with Crippen molar-refractivity contribution in [2.75, 3.05) is 11.9 Å². The highest BCUT2D eigenvalue weighted by Gasteiger charge is 2.20. The van der Waals surface area contributed by atoms with E-state index in [9.17, 15) is 13.2 Å². The second-order valence-electron chi connectivity index (χ2n) is 6.75. The fraction of sp³-hybridized carbons (Fsp3) is 0.174. The molecule has 3 aromatic rings. The molecule has 0 aliphatic heterocycles. The van der Waals surface area contributed by atoms with Gasteiger partial charge in [-0.25, -0.2) is 13.1 Å². The molecule has 0 heterocycles. The molecule has 0 aliphatic rings. The van der Waals surface area contributed by atoms with Crippen LogP contribution in [-0.4, -0.2) is 20.9 Å². The summed E-state index contributed by atoms with van der Waals surface area (Å²) in [5.74, 6) is 0.0766. The van der Waals surface area contributed by atoms with Crippen molar-refractivity contribution < 1.29 is 17.9 Å². The van der Waals surface area contributed by atoms with Crippen LogP contribution in [0.5, 0.6) is 5.75 Å². The highest BCUT2D eigenvalue weighted by Crippen LogP contribution is 2.26. The van der Waals surface area contributed by atoms with E-state index in [1.807, 2.05) is 43.3 Å². The van der Waals surface area contributed by atoms with Gasteiger partial charge in [0, 0.05) is 12.1 Å². The van der Waals surface area contributed by atoms with Crippen molar-refractivity contribution in [3.05, 3.63) is 88.9 Å². The molecular weight excluding hydrogens is 436 g/mol. The summed E-state index contributed by atoms with van der Waals surface area (Å²) < 4.78 is 33.7. The third-order valence-corrected chi connectivity index (χ3v) is 6.27. The quantitative estimate of drug-likeness (QED) is 0.479. The number of carbonyl (C=O) groups excluding carboxylic acids is 1. The summed E-state index contributed by atoms with van der Waals surface area (Å²) in [7, 11) is -3.92. The van der Waals surface area contributed by atoms with Gasteiger partial charge in [0.1, 0.15) is 10.6 Å². The van der Waals surface area contributed by atoms with Gasteiger partial charge in [-0.2, -0.15) is 0 Å². The summed E-state index contributed by atoms with van der Waals surface area (Å²) >= 11 is 6.14. The smallest absolute Gasteiger partial charge is 0.255 e. The van der Waals surface area contributed by atoms with Crippen molar-refractivity contribution in [2.24, 2.45) is 0 Å². The molecule has 0 spiro atoms. The van der Waals surface area contributed by atoms with Crippen molar-refractivity contribution >= 4 is 33.2 Å². The lowest BCUT2D eigenvalue weighted by Gasteiger charge is -2.13. The number of nitrogens with one attached hydrogen (secondary N) is 2. The normalized spacial score (nSPS) is 11.2. The largest absolute Gasteiger partial charge is 0.491 e. The Morgan fingerprint density at radius 2 is 1.71 bits per heavy atom. The van der Waals surface area contributed by atoms with Gasteiger partial charge in [0.25, 0.3) is 5.91 Å². The number of rotatable bonds is 9. The first-order valence-electron chi connectivity index (χ1n) is 9.77. The van der Waals surface area contributed by atoms with Gasteiger partial charge in [-0.3, -0.25) is 4.79 Å². The zero-order chi connectivity index (χ0) is 22.3. The molecule has 0 bridgehead atoms. The van der Waals surface area contributed by atoms with Crippen molar-refractivity contribution in [3.8, 4) is 5.75 Å². The Bertz CT molecular complexity index is 1150. The molecule has 6 nitrogen and oxygen atoms in total. The first kappa shape index (κ1) is 22.8. The van der Waals surface area contributed by atoms with E-state index in [0.717, 1.165) is 12.0 Å². The number of anilines is 1. The van der Waals surface area contributed by atoms with Gasteiger partial charge in [-0.1, -0.05) is 61.0 Å². The molecule has 0 saturated carbocycles. The third kappa shape index (κ3) is 6.07. The van der Waals surface area contributed by atoms with Crippen LogP contribution >= 0.6 is 11.6 Å². The van der Waals surface area contributed by atoms with E-state index in [0.29, 0.717) is 18.0 Å². The van der Waals surface area contributed by atoms with E-state index >= 15 is 0 Å². The Hall–Kier alpha value is -2.87. The molecule has 162 valence electrons. The Kier molecular flexibility index (Phi) is 7.68. The minimum atomic E-state index is -3.92. The van der Waals surface area contributed by atoms with Gasteiger partial charge >= 0.3 is 0 Å². The first-order chi connectivity index (χ1) is 14.9. The molecule has 3 rings (SSSR count). The summed E-state index contributed by atoms with van der Waals surface area (Å²) in [6.07, 6.45) is 0.830. The number of para-hydroxylation sites is 2. The van der Waals surface area contributed by atoms with Crippen LogP contribution in [0.3, 0.4) is 0 Å². The van der Waals surface area contributed by atoms with Gasteiger partial charge in [0.2, 0.25) is 10.0 Å². The SMILES string of the molecule is CCCOc1ccccc1NC(=O)c1ccc(Cl)c(S(=O)(=O)NCc2ccccc2)c1. The highest BCUT2D eigenvalue weighted by molar-refractivity contribution is 7.89. The van der Waals surface area contributed by atoms with E-state index < -0.39 is 15.9 Å². The van der Waals surface area contributed by atoms with Crippen LogP contribution in [0.25, 0.3) is 0 Å². The molecule has 0 radical (unpaired) electrons. The summed E-state index contributed by atoms with van der Waals surface area (Å²) in [6.45, 7) is 2.62. The maximum Gasteiger partial charge on any atom is 0.255 e. The van der Waals surface area contributed by atoms with E-state index in [4.69, 9.17) is 16.3 Å². The van der Waals surface area contributed by atoms with Crippen molar-refractivity contribution in [2.45, 2.75) is 24.8 Å². The van der Waals surface area contributed by atoms with Crippen LogP contribution in [0.4, 0.5) is 5.69 Å². The molecule has 1 amide bonds. The first-order valence-corrected chi connectivity index (χ1v) is 11.6. The fourth-order valence-electron chi connectivity index (χ4n) is 2.80. The van der Waals surface area contributed by atoms with Gasteiger partial charge in [-0.05, 0) is 42.3 Å². The number of hydrogen-bond acceptors (Lipinski definition) is 4. The number of halogens is 1. The van der Waals surface area contributed by atoms with Crippen molar-refractivity contribution in [3.63, 3.8) is 0 Å². The molecule has 3 aromatic carbocycles. The lowest BCUT2D eigenvalue weighted by molar-refractivity contribution is 0.102. The molecule has 0 saturated heterocycles. The molecule has 31 heavy (non-hydrogen) atoms. The van der Waals surface area contributed by atoms with Gasteiger partial charge in [0.15, 0.2) is 0 Å². The molecule has 0 aliphatic carbocycles. The lowest BCUT2D eigenvalue weighted by atomic mass is 10.2. The fourth-order valence-corrected chi connectivity index (χ4v) is 4.35. The Labute approximate surface area is 187 Å². The average Bonchev–Trinajstić information content (AvgIpc) is 2.78. The molecular formula is C23H23ClN2O4S. The predicted molar refractivity (Wildman–Crippen MR) is 122 cm³/mol. The molecule has 8 heteroatoms. The van der Waals surface area contributed by atoms with Crippen LogP contribution in [-0.2, 0) is 16.6 Å². The van der Waals surface area contributed by atoms with E-state index in [2.05, 4.69) is 10.0 Å². The highest BCUT2D eigenvalue weighted by atomic mass is 35.5. The van der Waals surface area contributed by atoms with Crippen LogP contribution in [0.1, 0.15) is 29.3 Å². The number of benzene rings is 3. The Morgan fingerprint density at radius 3 is 2.45 bits per heavy atom. The van der Waals surface area contributed by atoms with Crippen molar-refractivity contribution in [1.82, 2.24) is 4.72 Å². The van der Waals surface area contributed by atoms with Gasteiger partial charge < -0.3 is 10.1 Å². The standard InChI is InChI=1S/C23H23ClN2O4S/c1-2-14-30-21-11-7-6-10-20(21)26-23(27)18-12-13-19(24)22(15-18)31(28,29)25-16-17-8-4-3-5-9-17/h3-13,15,25H,2,14,16H2,1H3,(H,26,27). The minimum Gasteiger partial charge on any atom is -0.491 e. The third-order valence-electron chi connectivity index (χ3n) is 4.39. The second kappa shape index (κ2) is 10.4. The van der Waals surface area contributed by atoms with E-state index in [1.54, 1.807) is 18.2 Å². The summed E-state index contributed by atoms with van der Waals surface area (Å²) in [5, 5.41) is 2.80. The van der Waals surface area contributed by atoms with Crippen molar-refractivity contribution in [1.29, 1.82) is 0 Å². The number of amides is 1. The zero-order valence-electron chi connectivity index (χ0n) is 17.0. The Morgan fingerprint density at radius 1 is 1.00 bits per heavy atom. The summed E-state index contributed by atoms with van der Waals surface area (Å²) in [5.41, 5.74) is 1.47. The van der Waals surface area contributed by atoms with Crippen LogP contribution in [0, 0.1) is 0 Å². The molecule has 0 unspecified atom stereocenters. The van der Waals surface area contributed by atoms with E-state index in [-0.39, 0.29) is 22.0 Å². The predicted octanol–water partition coefficient (Wildman–Crippen LogP) is 4.86. The van der Waals surface area contributed by atoms with Crippen LogP contribution in [0.2, 0.25) is 5.02 Å². The molecule has 0 fully saturated rings. The zero-order valence-corrected chi connectivity index (χ0v) is 18.5. The number of sulfonamides is 1.